The largest absolute Gasteiger partial charge is 0.334 e. The lowest BCUT2D eigenvalue weighted by Gasteiger charge is -2.11. The van der Waals surface area contributed by atoms with E-state index < -0.39 is 26.9 Å². The number of hydrogen-bond donors (Lipinski definition) is 2. The average molecular weight is 353 g/mol. The summed E-state index contributed by atoms with van der Waals surface area (Å²) in [5.74, 6) is 0.484. The van der Waals surface area contributed by atoms with Gasteiger partial charge in [0, 0.05) is 11.9 Å². The van der Waals surface area contributed by atoms with Crippen LogP contribution in [-0.2, 0) is 20.8 Å². The number of urea groups is 1. The maximum atomic E-state index is 12.3. The van der Waals surface area contributed by atoms with E-state index in [1.165, 1.54) is 30.5 Å². The van der Waals surface area contributed by atoms with Crippen molar-refractivity contribution in [3.8, 4) is 0 Å². The molecule has 2 amide bonds. The van der Waals surface area contributed by atoms with Gasteiger partial charge in [-0.1, -0.05) is 25.1 Å². The molecule has 2 N–H and O–H groups in total. The van der Waals surface area contributed by atoms with Crippen LogP contribution >= 0.6 is 0 Å². The fraction of sp³-hybridized carbons (Fsp3) is 0.143. The van der Waals surface area contributed by atoms with Gasteiger partial charge in [-0.05, 0) is 24.3 Å². The van der Waals surface area contributed by atoms with Gasteiger partial charge in [-0.2, -0.15) is 0 Å². The number of hydrogen-bond acceptors (Lipinski definition) is 5. The molecule has 1 aromatic heterocycles. The van der Waals surface area contributed by atoms with Gasteiger partial charge in [0.15, 0.2) is 0 Å². The molecule has 0 aliphatic heterocycles. The van der Waals surface area contributed by atoms with E-state index in [4.69, 9.17) is 0 Å². The lowest BCUT2D eigenvalue weighted by atomic mass is 10.4. The standard InChI is InChI=1S/C14H15N3O4S2/c1-2-22(19)11-7-3-4-8-12(11)23(20,21)17-14(18)16-13-9-5-6-10-15-13/h3-10H,2H2,1H3,(H2,15,16,17,18). The number of carbonyl (C=O) groups is 1. The molecule has 7 nitrogen and oxygen atoms in total. The molecule has 9 heteroatoms. The second kappa shape index (κ2) is 7.34. The van der Waals surface area contributed by atoms with Crippen molar-refractivity contribution in [2.75, 3.05) is 11.1 Å². The minimum atomic E-state index is -4.15. The van der Waals surface area contributed by atoms with E-state index in [0.29, 0.717) is 0 Å². The topological polar surface area (TPSA) is 105 Å². The van der Waals surface area contributed by atoms with Crippen LogP contribution in [0.2, 0.25) is 0 Å². The summed E-state index contributed by atoms with van der Waals surface area (Å²) in [6.45, 7) is 1.68. The van der Waals surface area contributed by atoms with E-state index in [-0.39, 0.29) is 21.4 Å². The summed E-state index contributed by atoms with van der Waals surface area (Å²) in [5, 5.41) is 2.31. The number of sulfonamides is 1. The number of rotatable bonds is 5. The fourth-order valence-electron chi connectivity index (χ4n) is 1.77. The first kappa shape index (κ1) is 17.1. The van der Waals surface area contributed by atoms with Crippen molar-refractivity contribution >= 4 is 32.7 Å². The van der Waals surface area contributed by atoms with Crippen LogP contribution in [0.4, 0.5) is 10.6 Å². The number of amides is 2. The van der Waals surface area contributed by atoms with Gasteiger partial charge < -0.3 is 0 Å². The van der Waals surface area contributed by atoms with Crippen LogP contribution < -0.4 is 10.0 Å². The number of aromatic nitrogens is 1. The highest BCUT2D eigenvalue weighted by Crippen LogP contribution is 2.19. The molecule has 0 spiro atoms. The van der Waals surface area contributed by atoms with Gasteiger partial charge in [-0.25, -0.2) is 22.9 Å². The minimum Gasteiger partial charge on any atom is -0.292 e. The Bertz CT molecular complexity index is 823. The molecule has 1 atom stereocenters. The third-order valence-electron chi connectivity index (χ3n) is 2.78. The zero-order valence-electron chi connectivity index (χ0n) is 12.2. The fourth-order valence-corrected chi connectivity index (χ4v) is 4.21. The molecule has 2 aromatic rings. The number of pyridine rings is 1. The quantitative estimate of drug-likeness (QED) is 0.851. The van der Waals surface area contributed by atoms with Crippen molar-refractivity contribution in [2.24, 2.45) is 0 Å². The normalized spacial score (nSPS) is 12.4. The molecule has 0 saturated carbocycles. The molecule has 1 heterocycles. The summed E-state index contributed by atoms with van der Waals surface area (Å²) in [7, 11) is -5.61. The lowest BCUT2D eigenvalue weighted by molar-refractivity contribution is 0.256. The van der Waals surface area contributed by atoms with Crippen molar-refractivity contribution in [1.82, 2.24) is 9.71 Å². The Balaban J connectivity index is 2.23. The summed E-state index contributed by atoms with van der Waals surface area (Å²) >= 11 is 0. The minimum absolute atomic E-state index is 0.160. The van der Waals surface area contributed by atoms with Crippen molar-refractivity contribution in [3.05, 3.63) is 48.7 Å². The highest BCUT2D eigenvalue weighted by molar-refractivity contribution is 7.91. The van der Waals surface area contributed by atoms with E-state index >= 15 is 0 Å². The highest BCUT2D eigenvalue weighted by atomic mass is 32.2. The number of nitrogens with one attached hydrogen (secondary N) is 2. The molecule has 1 unspecified atom stereocenters. The molecule has 0 aliphatic rings. The van der Waals surface area contributed by atoms with E-state index in [0.717, 1.165) is 0 Å². The Kier molecular flexibility index (Phi) is 5.45. The van der Waals surface area contributed by atoms with Crippen LogP contribution in [0.5, 0.6) is 0 Å². The molecule has 0 bridgehead atoms. The summed E-state index contributed by atoms with van der Waals surface area (Å²) in [4.78, 5) is 15.7. The average Bonchev–Trinajstić information content (AvgIpc) is 2.54. The molecule has 0 fully saturated rings. The van der Waals surface area contributed by atoms with Crippen LogP contribution in [-0.4, -0.2) is 29.4 Å². The Morgan fingerprint density at radius 1 is 1.17 bits per heavy atom. The predicted octanol–water partition coefficient (Wildman–Crippen LogP) is 1.72. The van der Waals surface area contributed by atoms with Crippen molar-refractivity contribution < 1.29 is 17.4 Å². The van der Waals surface area contributed by atoms with Gasteiger partial charge in [0.1, 0.15) is 10.7 Å². The summed E-state index contributed by atoms with van der Waals surface area (Å²) in [6.07, 6.45) is 1.46. The van der Waals surface area contributed by atoms with E-state index in [9.17, 15) is 17.4 Å². The first-order valence-corrected chi connectivity index (χ1v) is 9.46. The molecule has 23 heavy (non-hydrogen) atoms. The van der Waals surface area contributed by atoms with E-state index in [1.807, 2.05) is 4.72 Å². The summed E-state index contributed by atoms with van der Waals surface area (Å²) in [5.41, 5.74) is 0. The summed E-state index contributed by atoms with van der Waals surface area (Å²) in [6, 6.07) is 9.75. The molecule has 1 aromatic carbocycles. The zero-order chi connectivity index (χ0) is 16.9. The second-order valence-corrected chi connectivity index (χ2v) is 7.71. The van der Waals surface area contributed by atoms with Crippen LogP contribution in [0, 0.1) is 0 Å². The predicted molar refractivity (Wildman–Crippen MR) is 87.0 cm³/mol. The third kappa shape index (κ3) is 4.36. The lowest BCUT2D eigenvalue weighted by Crippen LogP contribution is -2.35. The Morgan fingerprint density at radius 2 is 1.87 bits per heavy atom. The summed E-state index contributed by atoms with van der Waals surface area (Å²) < 4.78 is 38.5. The molecule has 0 aliphatic carbocycles. The number of nitrogens with zero attached hydrogens (tertiary/aromatic N) is 1. The third-order valence-corrected chi connectivity index (χ3v) is 5.67. The van der Waals surface area contributed by atoms with Crippen LogP contribution in [0.25, 0.3) is 0 Å². The number of benzene rings is 1. The van der Waals surface area contributed by atoms with Gasteiger partial charge in [0.05, 0.1) is 15.7 Å². The highest BCUT2D eigenvalue weighted by Gasteiger charge is 2.23. The number of anilines is 1. The molecule has 0 radical (unpaired) electrons. The molecular formula is C14H15N3O4S2. The second-order valence-electron chi connectivity index (χ2n) is 4.36. The number of carbonyl (C=O) groups excluding carboxylic acids is 1. The zero-order valence-corrected chi connectivity index (χ0v) is 13.9. The van der Waals surface area contributed by atoms with Gasteiger partial charge in [0.2, 0.25) is 0 Å². The van der Waals surface area contributed by atoms with Gasteiger partial charge >= 0.3 is 6.03 Å². The molecule has 2 rings (SSSR count). The first-order chi connectivity index (χ1) is 10.9. The van der Waals surface area contributed by atoms with Crippen LogP contribution in [0.1, 0.15) is 6.92 Å². The maximum Gasteiger partial charge on any atom is 0.334 e. The van der Waals surface area contributed by atoms with Crippen LogP contribution in [0.3, 0.4) is 0 Å². The van der Waals surface area contributed by atoms with Crippen LogP contribution in [0.15, 0.2) is 58.5 Å². The molecular weight excluding hydrogens is 338 g/mol. The first-order valence-electron chi connectivity index (χ1n) is 6.66. The van der Waals surface area contributed by atoms with E-state index in [1.54, 1.807) is 25.1 Å². The Morgan fingerprint density at radius 3 is 2.52 bits per heavy atom. The Hall–Kier alpha value is -2.26. The van der Waals surface area contributed by atoms with Gasteiger partial charge in [0.25, 0.3) is 10.0 Å². The van der Waals surface area contributed by atoms with Gasteiger partial charge in [-0.3, -0.25) is 9.53 Å². The monoisotopic (exact) mass is 353 g/mol. The van der Waals surface area contributed by atoms with Gasteiger partial charge in [-0.15, -0.1) is 0 Å². The van der Waals surface area contributed by atoms with Crippen molar-refractivity contribution in [1.29, 1.82) is 0 Å². The van der Waals surface area contributed by atoms with Crippen molar-refractivity contribution in [2.45, 2.75) is 16.7 Å². The SMILES string of the molecule is CCS(=O)c1ccccc1S(=O)(=O)NC(=O)Nc1ccccn1. The maximum absolute atomic E-state index is 12.3. The smallest absolute Gasteiger partial charge is 0.292 e. The van der Waals surface area contributed by atoms with Crippen molar-refractivity contribution in [3.63, 3.8) is 0 Å². The Labute approximate surface area is 136 Å². The molecule has 0 saturated heterocycles. The van der Waals surface area contributed by atoms with E-state index in [2.05, 4.69) is 10.3 Å². The molecule has 122 valence electrons.